The Morgan fingerprint density at radius 3 is 2.37 bits per heavy atom. The highest BCUT2D eigenvalue weighted by Crippen LogP contribution is 2.44. The minimum absolute atomic E-state index is 0.942. The molecular weight excluding hydrogens is 324 g/mol. The van der Waals surface area contributed by atoms with Crippen molar-refractivity contribution in [2.45, 2.75) is 97.8 Å². The van der Waals surface area contributed by atoms with Crippen LogP contribution in [0.5, 0.6) is 0 Å². The van der Waals surface area contributed by atoms with E-state index in [9.17, 15) is 0 Å². The average molecular weight is 367 g/mol. The highest BCUT2D eigenvalue weighted by atomic mass is 14.4. The second kappa shape index (κ2) is 10.5. The van der Waals surface area contributed by atoms with Crippen LogP contribution in [0.4, 0.5) is 0 Å². The Kier molecular flexibility index (Phi) is 8.04. The fraction of sp³-hybridized carbons (Fsp3) is 0.704. The number of unbranched alkanes of at least 4 members (excludes halogenated alkanes) is 2. The van der Waals surface area contributed by atoms with Gasteiger partial charge in [-0.3, -0.25) is 0 Å². The lowest BCUT2D eigenvalue weighted by Crippen LogP contribution is -2.29. The summed E-state index contributed by atoms with van der Waals surface area (Å²) >= 11 is 0. The summed E-state index contributed by atoms with van der Waals surface area (Å²) < 4.78 is 0. The molecule has 0 nitrogen and oxygen atoms in total. The van der Waals surface area contributed by atoms with Crippen molar-refractivity contribution < 1.29 is 0 Å². The van der Waals surface area contributed by atoms with Gasteiger partial charge in [0.15, 0.2) is 0 Å². The molecule has 0 bridgehead atoms. The first-order chi connectivity index (χ1) is 13.2. The Hall–Kier alpha value is -1.04. The maximum atomic E-state index is 2.59. The standard InChI is InChI=1S/C27H42/c1-4-6-7-9-22-10-13-24(14-11-22)25-15-17-26(18-16-25)27-19-12-23(8-5-2)20-21(27)3/h10-11,13-15,21,23,26-27H,4-9,12,16-20H2,1-3H3/t21-,23+,26?,27?/m1/s1. The van der Waals surface area contributed by atoms with E-state index in [1.54, 1.807) is 5.57 Å². The molecule has 2 aliphatic carbocycles. The van der Waals surface area contributed by atoms with Crippen molar-refractivity contribution in [3.63, 3.8) is 0 Å². The molecule has 0 aliphatic heterocycles. The van der Waals surface area contributed by atoms with E-state index < -0.39 is 0 Å². The van der Waals surface area contributed by atoms with Crippen LogP contribution in [-0.4, -0.2) is 0 Å². The summed E-state index contributed by atoms with van der Waals surface area (Å²) in [5, 5.41) is 0. The molecule has 1 aromatic carbocycles. The first-order valence-corrected chi connectivity index (χ1v) is 12.0. The molecule has 3 rings (SSSR count). The Bertz CT molecular complexity index is 579. The van der Waals surface area contributed by atoms with E-state index in [2.05, 4.69) is 51.1 Å². The zero-order chi connectivity index (χ0) is 19.1. The van der Waals surface area contributed by atoms with Crippen LogP contribution in [0.3, 0.4) is 0 Å². The van der Waals surface area contributed by atoms with Crippen molar-refractivity contribution in [2.75, 3.05) is 0 Å². The molecule has 2 unspecified atom stereocenters. The van der Waals surface area contributed by atoms with Gasteiger partial charge in [0.1, 0.15) is 0 Å². The topological polar surface area (TPSA) is 0 Å². The second-order valence-corrected chi connectivity index (χ2v) is 9.53. The molecule has 1 aromatic rings. The van der Waals surface area contributed by atoms with Crippen LogP contribution in [0, 0.1) is 23.7 Å². The Morgan fingerprint density at radius 1 is 0.926 bits per heavy atom. The summed E-state index contributed by atoms with van der Waals surface area (Å²) in [7, 11) is 0. The quantitative estimate of drug-likeness (QED) is 0.405. The minimum Gasteiger partial charge on any atom is -0.0804 e. The van der Waals surface area contributed by atoms with Crippen LogP contribution in [-0.2, 0) is 6.42 Å². The first-order valence-electron chi connectivity index (χ1n) is 12.0. The molecule has 0 aromatic heterocycles. The van der Waals surface area contributed by atoms with Crippen LogP contribution in [0.25, 0.3) is 5.57 Å². The van der Waals surface area contributed by atoms with E-state index in [1.807, 2.05) is 0 Å². The van der Waals surface area contributed by atoms with Gasteiger partial charge in [-0.05, 0) is 85.3 Å². The lowest BCUT2D eigenvalue weighted by atomic mass is 9.65. The van der Waals surface area contributed by atoms with E-state index in [0.717, 1.165) is 23.7 Å². The lowest BCUT2D eigenvalue weighted by molar-refractivity contribution is 0.124. The molecule has 0 radical (unpaired) electrons. The molecular formula is C27H42. The van der Waals surface area contributed by atoms with Crippen LogP contribution in [0.15, 0.2) is 30.3 Å². The van der Waals surface area contributed by atoms with Crippen molar-refractivity contribution in [1.82, 2.24) is 0 Å². The van der Waals surface area contributed by atoms with Gasteiger partial charge in [0.2, 0.25) is 0 Å². The van der Waals surface area contributed by atoms with Gasteiger partial charge in [0, 0.05) is 0 Å². The normalized spacial score (nSPS) is 28.8. The largest absolute Gasteiger partial charge is 0.0804 e. The summed E-state index contributed by atoms with van der Waals surface area (Å²) in [5.74, 6) is 3.89. The van der Waals surface area contributed by atoms with Crippen LogP contribution in [0.1, 0.15) is 103 Å². The molecule has 1 fully saturated rings. The Balaban J connectivity index is 1.52. The van der Waals surface area contributed by atoms with Crippen molar-refractivity contribution in [3.8, 4) is 0 Å². The highest BCUT2D eigenvalue weighted by Gasteiger charge is 2.33. The monoisotopic (exact) mass is 366 g/mol. The zero-order valence-electron chi connectivity index (χ0n) is 18.2. The molecule has 0 amide bonds. The summed E-state index contributed by atoms with van der Waals surface area (Å²) in [6.45, 7) is 7.18. The van der Waals surface area contributed by atoms with Crippen molar-refractivity contribution >= 4 is 5.57 Å². The summed E-state index contributed by atoms with van der Waals surface area (Å²) in [5.41, 5.74) is 4.60. The van der Waals surface area contributed by atoms with Gasteiger partial charge in [0.05, 0.1) is 0 Å². The van der Waals surface area contributed by atoms with Gasteiger partial charge >= 0.3 is 0 Å². The fourth-order valence-electron chi connectivity index (χ4n) is 5.87. The summed E-state index contributed by atoms with van der Waals surface area (Å²) in [4.78, 5) is 0. The summed E-state index contributed by atoms with van der Waals surface area (Å²) in [6, 6.07) is 9.50. The Morgan fingerprint density at radius 2 is 1.74 bits per heavy atom. The number of allylic oxidation sites excluding steroid dienone is 2. The van der Waals surface area contributed by atoms with Gasteiger partial charge < -0.3 is 0 Å². The van der Waals surface area contributed by atoms with Crippen LogP contribution in [0.2, 0.25) is 0 Å². The van der Waals surface area contributed by atoms with Crippen LogP contribution >= 0.6 is 0 Å². The lowest BCUT2D eigenvalue weighted by Gasteiger charge is -2.40. The molecule has 150 valence electrons. The molecule has 0 heteroatoms. The zero-order valence-corrected chi connectivity index (χ0v) is 18.2. The van der Waals surface area contributed by atoms with E-state index in [-0.39, 0.29) is 0 Å². The molecule has 0 spiro atoms. The molecule has 2 aliphatic rings. The van der Waals surface area contributed by atoms with Gasteiger partial charge in [-0.25, -0.2) is 0 Å². The van der Waals surface area contributed by atoms with Crippen molar-refractivity contribution in [3.05, 3.63) is 41.5 Å². The van der Waals surface area contributed by atoms with E-state index in [4.69, 9.17) is 0 Å². The van der Waals surface area contributed by atoms with Crippen molar-refractivity contribution in [2.24, 2.45) is 23.7 Å². The van der Waals surface area contributed by atoms with E-state index in [1.165, 1.54) is 88.2 Å². The number of hydrogen-bond acceptors (Lipinski definition) is 0. The molecule has 4 atom stereocenters. The van der Waals surface area contributed by atoms with Crippen molar-refractivity contribution in [1.29, 1.82) is 0 Å². The SMILES string of the molecule is CCCCCc1ccc(C2=CCC(C3CC[C@H](CCC)C[C@H]3C)CC2)cc1. The average Bonchev–Trinajstić information content (AvgIpc) is 2.69. The van der Waals surface area contributed by atoms with E-state index in [0.29, 0.717) is 0 Å². The number of benzene rings is 1. The Labute approximate surface area is 168 Å². The predicted octanol–water partition coefficient (Wildman–Crippen LogP) is 8.46. The second-order valence-electron chi connectivity index (χ2n) is 9.53. The molecule has 1 saturated carbocycles. The number of rotatable bonds is 8. The third kappa shape index (κ3) is 5.72. The maximum absolute atomic E-state index is 2.59. The predicted molar refractivity (Wildman–Crippen MR) is 120 cm³/mol. The maximum Gasteiger partial charge on any atom is -0.0228 e. The molecule has 27 heavy (non-hydrogen) atoms. The number of hydrogen-bond donors (Lipinski definition) is 0. The molecule has 0 N–H and O–H groups in total. The van der Waals surface area contributed by atoms with Gasteiger partial charge in [-0.2, -0.15) is 0 Å². The summed E-state index contributed by atoms with van der Waals surface area (Å²) in [6.07, 6.45) is 19.2. The number of aryl methyl sites for hydroxylation is 1. The molecule has 0 saturated heterocycles. The van der Waals surface area contributed by atoms with Gasteiger partial charge in [0.25, 0.3) is 0 Å². The van der Waals surface area contributed by atoms with Gasteiger partial charge in [-0.1, -0.05) is 83.2 Å². The fourth-order valence-corrected chi connectivity index (χ4v) is 5.87. The van der Waals surface area contributed by atoms with Gasteiger partial charge in [-0.15, -0.1) is 0 Å². The highest BCUT2D eigenvalue weighted by molar-refractivity contribution is 5.66. The third-order valence-electron chi connectivity index (χ3n) is 7.49. The van der Waals surface area contributed by atoms with Crippen LogP contribution < -0.4 is 0 Å². The molecule has 0 heterocycles. The first kappa shape index (κ1) is 20.7. The smallest absolute Gasteiger partial charge is 0.0228 e. The minimum atomic E-state index is 0.942. The van der Waals surface area contributed by atoms with E-state index >= 15 is 0 Å². The third-order valence-corrected chi connectivity index (χ3v) is 7.49.